The SMILES string of the molecule is CCC(OC)c1noc(C2CCCC2C(=O)O)n1. The molecule has 1 heterocycles. The fourth-order valence-electron chi connectivity index (χ4n) is 2.53. The Balaban J connectivity index is 2.16. The first kappa shape index (κ1) is 13.0. The maximum atomic E-state index is 11.1. The minimum atomic E-state index is -0.781. The van der Waals surface area contributed by atoms with Crippen molar-refractivity contribution >= 4 is 5.97 Å². The number of methoxy groups -OCH3 is 1. The number of aliphatic carboxylic acids is 1. The second-order valence-electron chi connectivity index (χ2n) is 4.61. The van der Waals surface area contributed by atoms with Crippen molar-refractivity contribution in [3.8, 4) is 0 Å². The Hall–Kier alpha value is -1.43. The predicted molar refractivity (Wildman–Crippen MR) is 62.1 cm³/mol. The van der Waals surface area contributed by atoms with Crippen LogP contribution in [0.25, 0.3) is 0 Å². The fraction of sp³-hybridized carbons (Fsp3) is 0.750. The van der Waals surface area contributed by atoms with Crippen LogP contribution in [0.2, 0.25) is 0 Å². The van der Waals surface area contributed by atoms with Crippen molar-refractivity contribution in [2.45, 2.75) is 44.6 Å². The van der Waals surface area contributed by atoms with E-state index < -0.39 is 11.9 Å². The number of carboxylic acid groups (broad SMARTS) is 1. The van der Waals surface area contributed by atoms with Crippen molar-refractivity contribution in [1.82, 2.24) is 10.1 Å². The Morgan fingerprint density at radius 3 is 3.00 bits per heavy atom. The lowest BCUT2D eigenvalue weighted by atomic mass is 9.96. The summed E-state index contributed by atoms with van der Waals surface area (Å²) in [6.07, 6.45) is 2.93. The second kappa shape index (κ2) is 5.48. The molecule has 1 saturated carbocycles. The van der Waals surface area contributed by atoms with Gasteiger partial charge in [-0.15, -0.1) is 0 Å². The van der Waals surface area contributed by atoms with E-state index in [0.29, 0.717) is 18.1 Å². The van der Waals surface area contributed by atoms with Crippen molar-refractivity contribution in [1.29, 1.82) is 0 Å². The topological polar surface area (TPSA) is 85.5 Å². The number of hydrogen-bond donors (Lipinski definition) is 1. The van der Waals surface area contributed by atoms with E-state index in [1.165, 1.54) is 0 Å². The molecule has 6 heteroatoms. The molecule has 1 fully saturated rings. The van der Waals surface area contributed by atoms with Crippen LogP contribution in [-0.2, 0) is 9.53 Å². The Morgan fingerprint density at radius 2 is 2.39 bits per heavy atom. The standard InChI is InChI=1S/C12H18N2O4/c1-3-9(17-2)10-13-11(18-14-10)7-5-4-6-8(7)12(15)16/h7-9H,3-6H2,1-2H3,(H,15,16). The molecule has 1 aliphatic carbocycles. The Kier molecular flexibility index (Phi) is 3.96. The van der Waals surface area contributed by atoms with Crippen molar-refractivity contribution < 1.29 is 19.2 Å². The average molecular weight is 254 g/mol. The number of hydrogen-bond acceptors (Lipinski definition) is 5. The van der Waals surface area contributed by atoms with Crippen LogP contribution >= 0.6 is 0 Å². The monoisotopic (exact) mass is 254 g/mol. The molecule has 3 atom stereocenters. The van der Waals surface area contributed by atoms with Crippen LogP contribution in [0.15, 0.2) is 4.52 Å². The van der Waals surface area contributed by atoms with Crippen LogP contribution in [0.3, 0.4) is 0 Å². The number of carbonyl (C=O) groups is 1. The Bertz CT molecular complexity index is 414. The lowest BCUT2D eigenvalue weighted by molar-refractivity contribution is -0.142. The molecule has 2 rings (SSSR count). The zero-order chi connectivity index (χ0) is 13.1. The molecule has 1 N–H and O–H groups in total. The van der Waals surface area contributed by atoms with Gasteiger partial charge in [-0.2, -0.15) is 4.98 Å². The third-order valence-corrected chi connectivity index (χ3v) is 3.55. The molecule has 3 unspecified atom stereocenters. The summed E-state index contributed by atoms with van der Waals surface area (Å²) in [6, 6.07) is 0. The molecule has 0 spiro atoms. The molecular weight excluding hydrogens is 236 g/mol. The normalized spacial score (nSPS) is 25.2. The highest BCUT2D eigenvalue weighted by atomic mass is 16.5. The van der Waals surface area contributed by atoms with Gasteiger partial charge < -0.3 is 14.4 Å². The molecule has 1 aromatic rings. The first-order chi connectivity index (χ1) is 8.67. The summed E-state index contributed by atoms with van der Waals surface area (Å²) < 4.78 is 10.4. The zero-order valence-corrected chi connectivity index (χ0v) is 10.6. The molecule has 6 nitrogen and oxygen atoms in total. The van der Waals surface area contributed by atoms with E-state index in [1.54, 1.807) is 7.11 Å². The van der Waals surface area contributed by atoms with Gasteiger partial charge in [0, 0.05) is 7.11 Å². The third kappa shape index (κ3) is 2.38. The molecule has 0 radical (unpaired) electrons. The zero-order valence-electron chi connectivity index (χ0n) is 10.6. The first-order valence-electron chi connectivity index (χ1n) is 6.26. The van der Waals surface area contributed by atoms with Crippen LogP contribution in [0.1, 0.15) is 56.3 Å². The van der Waals surface area contributed by atoms with E-state index >= 15 is 0 Å². The maximum absolute atomic E-state index is 11.1. The molecule has 0 bridgehead atoms. The van der Waals surface area contributed by atoms with Crippen LogP contribution in [0.4, 0.5) is 0 Å². The van der Waals surface area contributed by atoms with Gasteiger partial charge in [-0.1, -0.05) is 18.5 Å². The summed E-state index contributed by atoms with van der Waals surface area (Å²) in [5, 5.41) is 13.0. The highest BCUT2D eigenvalue weighted by Gasteiger charge is 2.37. The molecule has 0 aromatic carbocycles. The smallest absolute Gasteiger partial charge is 0.307 e. The predicted octanol–water partition coefficient (Wildman–Crippen LogP) is 2.14. The summed E-state index contributed by atoms with van der Waals surface area (Å²) in [5.41, 5.74) is 0. The van der Waals surface area contributed by atoms with E-state index in [-0.39, 0.29) is 12.0 Å². The van der Waals surface area contributed by atoms with Crippen molar-refractivity contribution in [2.75, 3.05) is 7.11 Å². The van der Waals surface area contributed by atoms with Gasteiger partial charge in [0.15, 0.2) is 0 Å². The minimum Gasteiger partial charge on any atom is -0.481 e. The highest BCUT2D eigenvalue weighted by Crippen LogP contribution is 2.39. The van der Waals surface area contributed by atoms with Crippen LogP contribution in [0.5, 0.6) is 0 Å². The summed E-state index contributed by atoms with van der Waals surface area (Å²) >= 11 is 0. The summed E-state index contributed by atoms with van der Waals surface area (Å²) in [4.78, 5) is 15.4. The van der Waals surface area contributed by atoms with Crippen molar-refractivity contribution in [2.24, 2.45) is 5.92 Å². The summed E-state index contributed by atoms with van der Waals surface area (Å²) in [5.74, 6) is -0.397. The van der Waals surface area contributed by atoms with E-state index in [9.17, 15) is 4.79 Å². The van der Waals surface area contributed by atoms with Gasteiger partial charge in [0.25, 0.3) is 0 Å². The lowest BCUT2D eigenvalue weighted by Gasteiger charge is -2.10. The van der Waals surface area contributed by atoms with E-state index in [4.69, 9.17) is 14.4 Å². The van der Waals surface area contributed by atoms with Gasteiger partial charge in [0.05, 0.1) is 11.8 Å². The minimum absolute atomic E-state index is 0.155. The molecule has 18 heavy (non-hydrogen) atoms. The second-order valence-corrected chi connectivity index (χ2v) is 4.61. The number of nitrogens with zero attached hydrogens (tertiary/aromatic N) is 2. The third-order valence-electron chi connectivity index (χ3n) is 3.55. The fourth-order valence-corrected chi connectivity index (χ4v) is 2.53. The molecule has 0 aliphatic heterocycles. The molecule has 100 valence electrons. The van der Waals surface area contributed by atoms with Gasteiger partial charge in [0.2, 0.25) is 11.7 Å². The number of aromatic nitrogens is 2. The van der Waals surface area contributed by atoms with Gasteiger partial charge in [-0.3, -0.25) is 4.79 Å². The Labute approximate surface area is 105 Å². The first-order valence-corrected chi connectivity index (χ1v) is 6.26. The Morgan fingerprint density at radius 1 is 1.61 bits per heavy atom. The van der Waals surface area contributed by atoms with E-state index in [0.717, 1.165) is 19.3 Å². The van der Waals surface area contributed by atoms with E-state index in [1.807, 2.05) is 6.92 Å². The number of ether oxygens (including phenoxy) is 1. The number of carboxylic acids is 1. The largest absolute Gasteiger partial charge is 0.481 e. The maximum Gasteiger partial charge on any atom is 0.307 e. The van der Waals surface area contributed by atoms with Crippen molar-refractivity contribution in [3.05, 3.63) is 11.7 Å². The van der Waals surface area contributed by atoms with Crippen LogP contribution in [-0.4, -0.2) is 28.3 Å². The summed E-state index contributed by atoms with van der Waals surface area (Å²) in [7, 11) is 1.60. The number of rotatable bonds is 5. The molecule has 0 amide bonds. The van der Waals surface area contributed by atoms with Gasteiger partial charge in [-0.25, -0.2) is 0 Å². The lowest BCUT2D eigenvalue weighted by Crippen LogP contribution is -2.17. The molecular formula is C12H18N2O4. The van der Waals surface area contributed by atoms with Crippen LogP contribution < -0.4 is 0 Å². The molecule has 1 aromatic heterocycles. The van der Waals surface area contributed by atoms with Gasteiger partial charge >= 0.3 is 5.97 Å². The average Bonchev–Trinajstić information content (AvgIpc) is 2.98. The van der Waals surface area contributed by atoms with Crippen molar-refractivity contribution in [3.63, 3.8) is 0 Å². The highest BCUT2D eigenvalue weighted by molar-refractivity contribution is 5.71. The molecule has 1 aliphatic rings. The van der Waals surface area contributed by atoms with E-state index in [2.05, 4.69) is 10.1 Å². The van der Waals surface area contributed by atoms with Crippen LogP contribution in [0, 0.1) is 5.92 Å². The molecule has 0 saturated heterocycles. The summed E-state index contributed by atoms with van der Waals surface area (Å²) in [6.45, 7) is 1.97. The van der Waals surface area contributed by atoms with Gasteiger partial charge in [0.1, 0.15) is 6.10 Å². The quantitative estimate of drug-likeness (QED) is 0.866. The van der Waals surface area contributed by atoms with Gasteiger partial charge in [-0.05, 0) is 19.3 Å².